The molecule has 28 heavy (non-hydrogen) atoms. The van der Waals surface area contributed by atoms with Gasteiger partial charge in [-0.05, 0) is 50.4 Å². The number of amides is 1. The number of hydrogen-bond donors (Lipinski definition) is 1. The van der Waals surface area contributed by atoms with Crippen molar-refractivity contribution in [2.45, 2.75) is 108 Å². The Morgan fingerprint density at radius 2 is 1.89 bits per heavy atom. The Balaban J connectivity index is 1.62. The van der Waals surface area contributed by atoms with Crippen LogP contribution in [0.2, 0.25) is 0 Å². The monoisotopic (exact) mass is 390 g/mol. The van der Waals surface area contributed by atoms with Crippen LogP contribution in [0.1, 0.15) is 96.8 Å². The second-order valence-corrected chi connectivity index (χ2v) is 9.64. The highest BCUT2D eigenvalue weighted by Crippen LogP contribution is 2.40. The third-order valence-corrected chi connectivity index (χ3v) is 7.43. The lowest BCUT2D eigenvalue weighted by molar-refractivity contribution is -0.132. The molecule has 1 heterocycles. The van der Waals surface area contributed by atoms with E-state index in [9.17, 15) is 4.79 Å². The second-order valence-electron chi connectivity index (χ2n) is 9.64. The van der Waals surface area contributed by atoms with Crippen LogP contribution in [0, 0.1) is 11.8 Å². The maximum atomic E-state index is 13.2. The van der Waals surface area contributed by atoms with Crippen molar-refractivity contribution >= 4 is 5.91 Å². The number of nitrogens with one attached hydrogen (secondary N) is 1. The van der Waals surface area contributed by atoms with Gasteiger partial charge in [0.25, 0.3) is 5.91 Å². The molecule has 0 aromatic rings. The van der Waals surface area contributed by atoms with Gasteiger partial charge in [-0.1, -0.05) is 64.9 Å². The second kappa shape index (κ2) is 10.1. The Morgan fingerprint density at radius 1 is 1.14 bits per heavy atom. The third-order valence-electron chi connectivity index (χ3n) is 7.43. The molecule has 3 rings (SSSR count). The van der Waals surface area contributed by atoms with Crippen LogP contribution in [0.3, 0.4) is 0 Å². The first-order valence-corrected chi connectivity index (χ1v) is 11.9. The summed E-state index contributed by atoms with van der Waals surface area (Å²) in [6, 6.07) is 0. The zero-order valence-electron chi connectivity index (χ0n) is 18.3. The van der Waals surface area contributed by atoms with Gasteiger partial charge in [-0.3, -0.25) is 4.79 Å². The van der Waals surface area contributed by atoms with Gasteiger partial charge in [-0.15, -0.1) is 0 Å². The van der Waals surface area contributed by atoms with E-state index in [1.54, 1.807) is 4.90 Å². The number of hydrogen-bond acceptors (Lipinski definition) is 3. The largest absolute Gasteiger partial charge is 0.378 e. The van der Waals surface area contributed by atoms with Crippen molar-refractivity contribution in [2.75, 3.05) is 13.7 Å². The lowest BCUT2D eigenvalue weighted by Gasteiger charge is -2.36. The molecule has 0 unspecified atom stereocenters. The highest BCUT2D eigenvalue weighted by Gasteiger charge is 2.48. The maximum Gasteiger partial charge on any atom is 0.253 e. The smallest absolute Gasteiger partial charge is 0.253 e. The minimum atomic E-state index is -0.431. The van der Waals surface area contributed by atoms with E-state index in [1.807, 2.05) is 7.05 Å². The van der Waals surface area contributed by atoms with Crippen LogP contribution in [0.25, 0.3) is 0 Å². The zero-order chi connectivity index (χ0) is 20.0. The van der Waals surface area contributed by atoms with Crippen molar-refractivity contribution in [1.29, 1.82) is 0 Å². The van der Waals surface area contributed by atoms with Gasteiger partial charge in [0.1, 0.15) is 11.4 Å². The van der Waals surface area contributed by atoms with Crippen molar-refractivity contribution in [1.82, 2.24) is 10.2 Å². The molecule has 1 aliphatic heterocycles. The number of rotatable bonds is 9. The van der Waals surface area contributed by atoms with Crippen LogP contribution < -0.4 is 5.32 Å². The van der Waals surface area contributed by atoms with E-state index in [4.69, 9.17) is 4.74 Å². The van der Waals surface area contributed by atoms with Gasteiger partial charge in [-0.25, -0.2) is 0 Å². The lowest BCUT2D eigenvalue weighted by Crippen LogP contribution is -2.48. The summed E-state index contributed by atoms with van der Waals surface area (Å²) in [6.07, 6.45) is 17.4. The number of carbonyl (C=O) groups is 1. The Labute approximate surface area is 172 Å². The molecule has 0 radical (unpaired) electrons. The zero-order valence-corrected chi connectivity index (χ0v) is 18.3. The topological polar surface area (TPSA) is 41.6 Å². The van der Waals surface area contributed by atoms with E-state index >= 15 is 0 Å². The van der Waals surface area contributed by atoms with E-state index in [1.165, 1.54) is 64.2 Å². The molecule has 3 aliphatic rings. The molecule has 0 aromatic heterocycles. The number of nitrogens with zero attached hydrogens (tertiary/aromatic N) is 1. The van der Waals surface area contributed by atoms with Gasteiger partial charge < -0.3 is 15.0 Å². The summed E-state index contributed by atoms with van der Waals surface area (Å²) in [5.74, 6) is 2.39. The van der Waals surface area contributed by atoms with Crippen LogP contribution in [-0.4, -0.2) is 36.1 Å². The summed E-state index contributed by atoms with van der Waals surface area (Å²) in [6.45, 7) is 7.20. The summed E-state index contributed by atoms with van der Waals surface area (Å²) in [4.78, 5) is 15.0. The number of likely N-dealkylation sites (N-methyl/N-ethyl adjacent to an activating group) is 1. The van der Waals surface area contributed by atoms with Gasteiger partial charge in [0.2, 0.25) is 0 Å². The Kier molecular flexibility index (Phi) is 7.85. The average molecular weight is 391 g/mol. The third kappa shape index (κ3) is 5.31. The molecule has 1 amide bonds. The molecular formula is C24H42N2O2. The summed E-state index contributed by atoms with van der Waals surface area (Å²) < 4.78 is 6.14. The van der Waals surface area contributed by atoms with E-state index in [0.29, 0.717) is 12.0 Å². The summed E-state index contributed by atoms with van der Waals surface area (Å²) in [5.41, 5.74) is -0.431. The minimum Gasteiger partial charge on any atom is -0.378 e. The Hall–Kier alpha value is -1.03. The van der Waals surface area contributed by atoms with Gasteiger partial charge in [0, 0.05) is 13.7 Å². The minimum absolute atomic E-state index is 0.238. The van der Waals surface area contributed by atoms with Gasteiger partial charge in [0.15, 0.2) is 0 Å². The molecule has 0 aromatic carbocycles. The highest BCUT2D eigenvalue weighted by atomic mass is 16.5. The van der Waals surface area contributed by atoms with E-state index in [0.717, 1.165) is 44.0 Å². The molecule has 3 fully saturated rings. The van der Waals surface area contributed by atoms with Crippen LogP contribution >= 0.6 is 0 Å². The molecule has 4 nitrogen and oxygen atoms in total. The van der Waals surface area contributed by atoms with Crippen molar-refractivity contribution in [3.8, 4) is 0 Å². The Bertz CT molecular complexity index is 529. The number of ether oxygens (including phenoxy) is 1. The van der Waals surface area contributed by atoms with E-state index in [2.05, 4.69) is 18.8 Å². The molecule has 0 spiro atoms. The van der Waals surface area contributed by atoms with Crippen LogP contribution in [0.5, 0.6) is 0 Å². The molecule has 1 saturated heterocycles. The molecule has 0 bridgehead atoms. The number of carbonyl (C=O) groups excluding carboxylic acids is 1. The normalized spacial score (nSPS) is 32.0. The van der Waals surface area contributed by atoms with Crippen molar-refractivity contribution in [3.05, 3.63) is 12.4 Å². The molecule has 3 atom stereocenters. The predicted molar refractivity (Wildman–Crippen MR) is 115 cm³/mol. The molecule has 160 valence electrons. The fraction of sp³-hybridized carbons (Fsp3) is 0.875. The lowest BCUT2D eigenvalue weighted by atomic mass is 9.74. The quantitative estimate of drug-likeness (QED) is 0.537. The Morgan fingerprint density at radius 3 is 2.57 bits per heavy atom. The molecule has 4 heteroatoms. The highest BCUT2D eigenvalue weighted by molar-refractivity contribution is 5.90. The molecule has 2 aliphatic carbocycles. The fourth-order valence-corrected chi connectivity index (χ4v) is 5.66. The first kappa shape index (κ1) is 21.7. The maximum absolute atomic E-state index is 13.2. The van der Waals surface area contributed by atoms with Crippen LogP contribution in [0.4, 0.5) is 0 Å². The summed E-state index contributed by atoms with van der Waals surface area (Å²) >= 11 is 0. The van der Waals surface area contributed by atoms with Crippen molar-refractivity contribution < 1.29 is 9.53 Å². The summed E-state index contributed by atoms with van der Waals surface area (Å²) in [7, 11) is 1.87. The standard InChI is InChI=1S/C24H42N2O2/c1-4-5-16-28-22-13-9-12-21(17-22)18-24(23(27)26(3)19(2)25-24)15-14-20-10-7-6-8-11-20/h20-22,25H,2,4-18H2,1,3H3/t21-,22+,24+/m0/s1. The van der Waals surface area contributed by atoms with E-state index in [-0.39, 0.29) is 5.91 Å². The van der Waals surface area contributed by atoms with Gasteiger partial charge >= 0.3 is 0 Å². The van der Waals surface area contributed by atoms with Crippen molar-refractivity contribution in [3.63, 3.8) is 0 Å². The predicted octanol–water partition coefficient (Wildman–Crippen LogP) is 5.38. The fourth-order valence-electron chi connectivity index (χ4n) is 5.66. The number of unbranched alkanes of at least 4 members (excludes halogenated alkanes) is 1. The average Bonchev–Trinajstić information content (AvgIpc) is 2.92. The molecule has 1 N–H and O–H groups in total. The first-order valence-electron chi connectivity index (χ1n) is 11.9. The SMILES string of the molecule is C=C1N[C@](CCC2CCCCC2)(C[C@H]2CCC[C@@H](OCCCC)C2)C(=O)N1C. The molecule has 2 saturated carbocycles. The summed E-state index contributed by atoms with van der Waals surface area (Å²) in [5, 5.41) is 3.56. The molecular weight excluding hydrogens is 348 g/mol. The van der Waals surface area contributed by atoms with Crippen LogP contribution in [0.15, 0.2) is 12.4 Å². The van der Waals surface area contributed by atoms with Crippen LogP contribution in [-0.2, 0) is 9.53 Å². The van der Waals surface area contributed by atoms with E-state index < -0.39 is 5.54 Å². The van der Waals surface area contributed by atoms with Gasteiger partial charge in [0.05, 0.1) is 6.10 Å². The van der Waals surface area contributed by atoms with Crippen molar-refractivity contribution in [2.24, 2.45) is 11.8 Å². The first-order chi connectivity index (χ1) is 13.5. The van der Waals surface area contributed by atoms with Gasteiger partial charge in [-0.2, -0.15) is 0 Å².